The maximum Gasteiger partial charge on any atom is 0.574 e. The fourth-order valence-electron chi connectivity index (χ4n) is 0.839. The van der Waals surface area contributed by atoms with Crippen molar-refractivity contribution in [2.24, 2.45) is 0 Å². The fraction of sp³-hybridized carbons (Fsp3) is 0.286. The van der Waals surface area contributed by atoms with Crippen molar-refractivity contribution in [2.45, 2.75) is 12.8 Å². The molecule has 1 rings (SSSR count). The van der Waals surface area contributed by atoms with Crippen molar-refractivity contribution in [3.05, 3.63) is 22.1 Å². The number of nitrogens with zero attached hydrogens (tertiary/aromatic N) is 1. The molecule has 2 nitrogen and oxygen atoms in total. The van der Waals surface area contributed by atoms with Crippen LogP contribution in [0.1, 0.15) is 12.0 Å². The summed E-state index contributed by atoms with van der Waals surface area (Å²) in [5, 5.41) is 0. The normalized spacial score (nSPS) is 12.0. The molecule has 0 N–H and O–H groups in total. The van der Waals surface area contributed by atoms with Gasteiger partial charge in [-0.25, -0.2) is 18.2 Å². The Morgan fingerprint density at radius 2 is 1.88 bits per heavy atom. The van der Waals surface area contributed by atoms with Gasteiger partial charge in [0.1, 0.15) is 10.4 Å². The molecular formula is C7H2BrF6NO. The lowest BCUT2D eigenvalue weighted by molar-refractivity contribution is -0.276. The van der Waals surface area contributed by atoms with Gasteiger partial charge < -0.3 is 4.74 Å². The Hall–Kier alpha value is -0.990. The summed E-state index contributed by atoms with van der Waals surface area (Å²) in [7, 11) is 0. The van der Waals surface area contributed by atoms with Gasteiger partial charge in [0.25, 0.3) is 6.43 Å². The molecule has 0 aliphatic heterocycles. The number of hydrogen-bond donors (Lipinski definition) is 0. The first-order valence-corrected chi connectivity index (χ1v) is 4.40. The lowest BCUT2D eigenvalue weighted by Gasteiger charge is -2.10. The number of alkyl halides is 5. The first-order valence-electron chi connectivity index (χ1n) is 3.60. The van der Waals surface area contributed by atoms with Crippen LogP contribution in [0.5, 0.6) is 5.88 Å². The van der Waals surface area contributed by atoms with Gasteiger partial charge in [0.05, 0.1) is 5.56 Å². The van der Waals surface area contributed by atoms with Crippen molar-refractivity contribution in [1.82, 2.24) is 4.98 Å². The molecule has 0 aliphatic rings. The largest absolute Gasteiger partial charge is 0.574 e. The summed E-state index contributed by atoms with van der Waals surface area (Å²) in [5.41, 5.74) is -1.12. The summed E-state index contributed by atoms with van der Waals surface area (Å²) in [6.45, 7) is 0. The second kappa shape index (κ2) is 4.48. The summed E-state index contributed by atoms with van der Waals surface area (Å²) < 4.78 is 75.0. The number of halogens is 7. The average molecular weight is 310 g/mol. The zero-order valence-corrected chi connectivity index (χ0v) is 8.74. The van der Waals surface area contributed by atoms with Crippen LogP contribution in [0.25, 0.3) is 0 Å². The van der Waals surface area contributed by atoms with Crippen LogP contribution in [0.2, 0.25) is 0 Å². The first kappa shape index (κ1) is 13.1. The highest BCUT2D eigenvalue weighted by Crippen LogP contribution is 2.32. The predicted molar refractivity (Wildman–Crippen MR) is 43.5 cm³/mol. The topological polar surface area (TPSA) is 22.1 Å². The lowest BCUT2D eigenvalue weighted by atomic mass is 10.3. The fourth-order valence-corrected chi connectivity index (χ4v) is 1.38. The smallest absolute Gasteiger partial charge is 0.388 e. The van der Waals surface area contributed by atoms with Crippen LogP contribution in [-0.4, -0.2) is 11.3 Å². The molecule has 0 aliphatic carbocycles. The molecule has 0 unspecified atom stereocenters. The molecule has 0 aromatic carbocycles. The maximum atomic E-state index is 12.9. The molecule has 1 aromatic rings. The summed E-state index contributed by atoms with van der Waals surface area (Å²) >= 11 is 2.43. The molecule has 0 spiro atoms. The van der Waals surface area contributed by atoms with Crippen LogP contribution in [0.4, 0.5) is 26.3 Å². The van der Waals surface area contributed by atoms with Crippen molar-refractivity contribution < 1.29 is 31.1 Å². The van der Waals surface area contributed by atoms with E-state index in [1.807, 2.05) is 0 Å². The van der Waals surface area contributed by atoms with E-state index in [0.717, 1.165) is 0 Å². The van der Waals surface area contributed by atoms with Gasteiger partial charge in [-0.1, -0.05) is 0 Å². The Balaban J connectivity index is 3.10. The van der Waals surface area contributed by atoms with Gasteiger partial charge >= 0.3 is 6.36 Å². The van der Waals surface area contributed by atoms with Crippen molar-refractivity contribution >= 4 is 15.9 Å². The van der Waals surface area contributed by atoms with Crippen LogP contribution in [0.3, 0.4) is 0 Å². The Morgan fingerprint density at radius 1 is 1.31 bits per heavy atom. The SMILES string of the molecule is Fc1cc(OC(F)(F)F)nc(Br)c1C(F)F. The Morgan fingerprint density at radius 3 is 2.25 bits per heavy atom. The maximum absolute atomic E-state index is 12.9. The average Bonchev–Trinajstić information content (AvgIpc) is 1.96. The van der Waals surface area contributed by atoms with Gasteiger partial charge in [-0.15, -0.1) is 13.2 Å². The van der Waals surface area contributed by atoms with Crippen molar-refractivity contribution in [1.29, 1.82) is 0 Å². The Labute approximate surface area is 93.4 Å². The molecule has 0 radical (unpaired) electrons. The number of ether oxygens (including phenoxy) is 1. The molecule has 1 aromatic heterocycles. The summed E-state index contributed by atoms with van der Waals surface area (Å²) in [4.78, 5) is 3.00. The molecule has 1 heterocycles. The van der Waals surface area contributed by atoms with Gasteiger partial charge in [-0.05, 0) is 15.9 Å². The minimum atomic E-state index is -5.06. The minimum absolute atomic E-state index is 0.139. The number of rotatable bonds is 2. The second-order valence-electron chi connectivity index (χ2n) is 2.50. The highest BCUT2D eigenvalue weighted by molar-refractivity contribution is 9.10. The second-order valence-corrected chi connectivity index (χ2v) is 3.25. The predicted octanol–water partition coefficient (Wildman–Crippen LogP) is 3.82. The lowest BCUT2D eigenvalue weighted by Crippen LogP contribution is -2.18. The van der Waals surface area contributed by atoms with Gasteiger partial charge in [0.15, 0.2) is 0 Å². The molecule has 0 fully saturated rings. The Bertz CT molecular complexity index is 370. The molecule has 90 valence electrons. The summed E-state index contributed by atoms with van der Waals surface area (Å²) in [5.74, 6) is -2.68. The van der Waals surface area contributed by atoms with E-state index in [9.17, 15) is 26.3 Å². The Kier molecular flexibility index (Phi) is 3.66. The third-order valence-corrected chi connectivity index (χ3v) is 1.98. The number of pyridine rings is 1. The third-order valence-electron chi connectivity index (χ3n) is 1.38. The van der Waals surface area contributed by atoms with Crippen LogP contribution in [0.15, 0.2) is 10.7 Å². The van der Waals surface area contributed by atoms with Crippen LogP contribution in [0, 0.1) is 5.82 Å². The molecule has 9 heteroatoms. The van der Waals surface area contributed by atoms with E-state index in [0.29, 0.717) is 0 Å². The van der Waals surface area contributed by atoms with E-state index in [1.54, 1.807) is 0 Å². The van der Waals surface area contributed by atoms with Gasteiger partial charge in [0, 0.05) is 6.07 Å². The zero-order valence-electron chi connectivity index (χ0n) is 7.16. The van der Waals surface area contributed by atoms with E-state index < -0.39 is 34.7 Å². The van der Waals surface area contributed by atoms with Gasteiger partial charge in [0.2, 0.25) is 5.88 Å². The molecule has 0 saturated carbocycles. The highest BCUT2D eigenvalue weighted by Gasteiger charge is 2.33. The molecule has 16 heavy (non-hydrogen) atoms. The van der Waals surface area contributed by atoms with E-state index in [2.05, 4.69) is 25.7 Å². The molecule has 0 bridgehead atoms. The molecule has 0 saturated heterocycles. The number of aromatic nitrogens is 1. The summed E-state index contributed by atoms with van der Waals surface area (Å²) in [6, 6.07) is 0.139. The minimum Gasteiger partial charge on any atom is -0.388 e. The zero-order chi connectivity index (χ0) is 12.5. The van der Waals surface area contributed by atoms with Gasteiger partial charge in [-0.3, -0.25) is 0 Å². The molecule has 0 amide bonds. The molecular weight excluding hydrogens is 308 g/mol. The van der Waals surface area contributed by atoms with Crippen molar-refractivity contribution in [3.63, 3.8) is 0 Å². The summed E-state index contributed by atoms with van der Waals surface area (Å²) in [6.07, 6.45) is -8.26. The number of hydrogen-bond acceptors (Lipinski definition) is 2. The highest BCUT2D eigenvalue weighted by atomic mass is 79.9. The van der Waals surface area contributed by atoms with Crippen molar-refractivity contribution in [3.8, 4) is 5.88 Å². The van der Waals surface area contributed by atoms with E-state index in [1.165, 1.54) is 0 Å². The van der Waals surface area contributed by atoms with Crippen LogP contribution < -0.4 is 4.74 Å². The van der Waals surface area contributed by atoms with Crippen LogP contribution >= 0.6 is 15.9 Å². The van der Waals surface area contributed by atoms with Crippen LogP contribution in [-0.2, 0) is 0 Å². The third kappa shape index (κ3) is 3.26. The quantitative estimate of drug-likeness (QED) is 0.612. The van der Waals surface area contributed by atoms with E-state index in [4.69, 9.17) is 0 Å². The first-order chi connectivity index (χ1) is 7.20. The van der Waals surface area contributed by atoms with Crippen molar-refractivity contribution in [2.75, 3.05) is 0 Å². The van der Waals surface area contributed by atoms with E-state index >= 15 is 0 Å². The monoisotopic (exact) mass is 309 g/mol. The molecule has 0 atom stereocenters. The van der Waals surface area contributed by atoms with E-state index in [-0.39, 0.29) is 6.07 Å². The standard InChI is InChI=1S/C7H2BrF6NO/c8-5-4(6(10)11)2(9)1-3(15-5)16-7(12,13)14/h1,6H. The van der Waals surface area contributed by atoms with Gasteiger partial charge in [-0.2, -0.15) is 0 Å².